The fourth-order valence-electron chi connectivity index (χ4n) is 2.81. The average Bonchev–Trinajstić information content (AvgIpc) is 2.92. The van der Waals surface area contributed by atoms with Gasteiger partial charge in [-0.2, -0.15) is 0 Å². The Morgan fingerprint density at radius 1 is 1.26 bits per heavy atom. The van der Waals surface area contributed by atoms with Crippen LogP contribution < -0.4 is 4.74 Å². The van der Waals surface area contributed by atoms with Crippen LogP contribution in [0.15, 0.2) is 17.5 Å². The molecule has 2 aromatic rings. The van der Waals surface area contributed by atoms with Gasteiger partial charge in [-0.25, -0.2) is 9.97 Å². The monoisotopic (exact) mass is 331 g/mol. The zero-order valence-electron chi connectivity index (χ0n) is 13.7. The van der Waals surface area contributed by atoms with Crippen molar-refractivity contribution < 1.29 is 9.53 Å². The summed E-state index contributed by atoms with van der Waals surface area (Å²) in [6.07, 6.45) is 1.81. The summed E-state index contributed by atoms with van der Waals surface area (Å²) in [5.41, 5.74) is 2.92. The summed E-state index contributed by atoms with van der Waals surface area (Å²) in [4.78, 5) is 23.9. The van der Waals surface area contributed by atoms with Crippen molar-refractivity contribution in [3.05, 3.63) is 39.3 Å². The second-order valence-corrected chi connectivity index (χ2v) is 6.97. The van der Waals surface area contributed by atoms with Crippen molar-refractivity contribution in [1.29, 1.82) is 0 Å². The number of amides is 1. The third-order valence-corrected chi connectivity index (χ3v) is 4.88. The highest BCUT2D eigenvalue weighted by Crippen LogP contribution is 2.21. The van der Waals surface area contributed by atoms with Crippen LogP contribution >= 0.6 is 11.3 Å². The summed E-state index contributed by atoms with van der Waals surface area (Å²) in [7, 11) is 0. The lowest BCUT2D eigenvalue weighted by atomic mass is 10.1. The van der Waals surface area contributed by atoms with Gasteiger partial charge < -0.3 is 9.64 Å². The lowest BCUT2D eigenvalue weighted by Crippen LogP contribution is -2.44. The highest BCUT2D eigenvalue weighted by atomic mass is 32.1. The maximum atomic E-state index is 12.6. The van der Waals surface area contributed by atoms with Crippen LogP contribution in [-0.2, 0) is 0 Å². The molecule has 122 valence electrons. The third-order valence-electron chi connectivity index (χ3n) is 3.84. The van der Waals surface area contributed by atoms with E-state index in [0.717, 1.165) is 41.2 Å². The van der Waals surface area contributed by atoms with Gasteiger partial charge in [-0.1, -0.05) is 0 Å². The van der Waals surface area contributed by atoms with Gasteiger partial charge in [0.05, 0.1) is 11.4 Å². The van der Waals surface area contributed by atoms with E-state index in [-0.39, 0.29) is 12.0 Å². The molecule has 1 aliphatic rings. The first-order valence-electron chi connectivity index (χ1n) is 7.84. The number of aromatic nitrogens is 2. The summed E-state index contributed by atoms with van der Waals surface area (Å²) in [5.74, 6) is 0.0951. The van der Waals surface area contributed by atoms with Gasteiger partial charge in [0.25, 0.3) is 5.91 Å². The predicted octanol–water partition coefficient (Wildman–Crippen LogP) is 3.15. The number of aryl methyl sites for hydroxylation is 3. The van der Waals surface area contributed by atoms with E-state index in [1.807, 2.05) is 43.2 Å². The molecule has 1 atom stereocenters. The number of nitrogens with zero attached hydrogens (tertiary/aromatic N) is 3. The van der Waals surface area contributed by atoms with Gasteiger partial charge in [-0.3, -0.25) is 4.79 Å². The number of piperidine rings is 1. The zero-order chi connectivity index (χ0) is 16.4. The first kappa shape index (κ1) is 15.9. The van der Waals surface area contributed by atoms with Crippen LogP contribution in [0.2, 0.25) is 0 Å². The van der Waals surface area contributed by atoms with E-state index < -0.39 is 0 Å². The molecule has 0 bridgehead atoms. The smallest absolute Gasteiger partial charge is 0.317 e. The first-order valence-corrected chi connectivity index (χ1v) is 8.72. The van der Waals surface area contributed by atoms with Crippen LogP contribution in [0.4, 0.5) is 0 Å². The van der Waals surface area contributed by atoms with E-state index in [4.69, 9.17) is 4.74 Å². The molecule has 0 unspecified atom stereocenters. The lowest BCUT2D eigenvalue weighted by molar-refractivity contribution is 0.0519. The van der Waals surface area contributed by atoms with Crippen molar-refractivity contribution in [2.45, 2.75) is 39.7 Å². The van der Waals surface area contributed by atoms with Crippen LogP contribution in [-0.4, -0.2) is 40.0 Å². The maximum absolute atomic E-state index is 12.6. The third kappa shape index (κ3) is 3.88. The molecule has 1 aliphatic heterocycles. The summed E-state index contributed by atoms with van der Waals surface area (Å²) < 4.78 is 5.93. The minimum absolute atomic E-state index is 0.0463. The van der Waals surface area contributed by atoms with E-state index in [1.165, 1.54) is 11.3 Å². The molecule has 6 heteroatoms. The number of hydrogen-bond acceptors (Lipinski definition) is 5. The van der Waals surface area contributed by atoms with Gasteiger partial charge in [0.2, 0.25) is 0 Å². The van der Waals surface area contributed by atoms with Crippen molar-refractivity contribution >= 4 is 17.2 Å². The van der Waals surface area contributed by atoms with Gasteiger partial charge in [0, 0.05) is 17.9 Å². The average molecular weight is 331 g/mol. The Bertz CT molecular complexity index is 693. The normalized spacial score (nSPS) is 18.0. The second kappa shape index (κ2) is 6.66. The van der Waals surface area contributed by atoms with Crippen LogP contribution in [0.25, 0.3) is 0 Å². The Labute approximate surface area is 140 Å². The molecule has 0 aromatic carbocycles. The number of thiophene rings is 1. The molecule has 2 aromatic heterocycles. The molecule has 0 saturated carbocycles. The molecular weight excluding hydrogens is 310 g/mol. The van der Waals surface area contributed by atoms with Crippen molar-refractivity contribution in [1.82, 2.24) is 14.9 Å². The van der Waals surface area contributed by atoms with Gasteiger partial charge >= 0.3 is 6.01 Å². The van der Waals surface area contributed by atoms with E-state index in [1.54, 1.807) is 0 Å². The van der Waals surface area contributed by atoms with Crippen LogP contribution in [0.3, 0.4) is 0 Å². The number of rotatable bonds is 3. The van der Waals surface area contributed by atoms with Crippen molar-refractivity contribution in [2.24, 2.45) is 0 Å². The molecule has 5 nitrogen and oxygen atoms in total. The first-order chi connectivity index (χ1) is 11.0. The molecule has 0 N–H and O–H groups in total. The van der Waals surface area contributed by atoms with Crippen molar-refractivity contribution in [3.8, 4) is 6.01 Å². The van der Waals surface area contributed by atoms with E-state index in [0.29, 0.717) is 12.6 Å². The maximum Gasteiger partial charge on any atom is 0.317 e. The Kier molecular flexibility index (Phi) is 4.61. The fourth-order valence-corrected chi connectivity index (χ4v) is 3.68. The Hall–Kier alpha value is -1.95. The fraction of sp³-hybridized carbons (Fsp3) is 0.471. The number of hydrogen-bond donors (Lipinski definition) is 0. The minimum atomic E-state index is -0.0463. The van der Waals surface area contributed by atoms with Crippen molar-refractivity contribution in [2.75, 3.05) is 13.1 Å². The van der Waals surface area contributed by atoms with E-state index in [9.17, 15) is 4.79 Å². The molecule has 0 spiro atoms. The molecule has 3 rings (SSSR count). The quantitative estimate of drug-likeness (QED) is 0.867. The summed E-state index contributed by atoms with van der Waals surface area (Å²) >= 11 is 1.50. The Morgan fingerprint density at radius 3 is 2.65 bits per heavy atom. The highest BCUT2D eigenvalue weighted by molar-refractivity contribution is 7.12. The molecule has 3 heterocycles. The number of ether oxygens (including phenoxy) is 1. The Morgan fingerprint density at radius 2 is 2.00 bits per heavy atom. The van der Waals surface area contributed by atoms with E-state index >= 15 is 0 Å². The molecule has 0 aliphatic carbocycles. The van der Waals surface area contributed by atoms with E-state index in [2.05, 4.69) is 9.97 Å². The van der Waals surface area contributed by atoms with Crippen LogP contribution in [0.5, 0.6) is 6.01 Å². The second-order valence-electron chi connectivity index (χ2n) is 6.05. The molecule has 1 fully saturated rings. The largest absolute Gasteiger partial charge is 0.458 e. The minimum Gasteiger partial charge on any atom is -0.458 e. The predicted molar refractivity (Wildman–Crippen MR) is 90.1 cm³/mol. The number of carbonyl (C=O) groups excluding carboxylic acids is 1. The van der Waals surface area contributed by atoms with Gasteiger partial charge in [-0.15, -0.1) is 11.3 Å². The van der Waals surface area contributed by atoms with Crippen LogP contribution in [0.1, 0.15) is 39.5 Å². The molecule has 0 radical (unpaired) electrons. The molecule has 23 heavy (non-hydrogen) atoms. The highest BCUT2D eigenvalue weighted by Gasteiger charge is 2.27. The van der Waals surface area contributed by atoms with Gasteiger partial charge in [-0.05, 0) is 56.7 Å². The zero-order valence-corrected chi connectivity index (χ0v) is 14.5. The summed E-state index contributed by atoms with van der Waals surface area (Å²) in [6, 6.07) is 4.28. The molecule has 1 saturated heterocycles. The van der Waals surface area contributed by atoms with Crippen molar-refractivity contribution in [3.63, 3.8) is 0 Å². The summed E-state index contributed by atoms with van der Waals surface area (Å²) in [6.45, 7) is 7.23. The molecule has 1 amide bonds. The van der Waals surface area contributed by atoms with Gasteiger partial charge in [0.15, 0.2) is 0 Å². The SMILES string of the molecule is Cc1csc(C(=O)N2CCC[C@H](Oc3nc(C)cc(C)n3)C2)c1. The standard InChI is InChI=1S/C17H21N3O2S/c1-11-7-15(23-10-11)16(21)20-6-4-5-14(9-20)22-17-18-12(2)8-13(3)19-17/h7-8,10,14H,4-6,9H2,1-3H3/t14-/m0/s1. The Balaban J connectivity index is 1.67. The van der Waals surface area contributed by atoms with Gasteiger partial charge in [0.1, 0.15) is 6.10 Å². The lowest BCUT2D eigenvalue weighted by Gasteiger charge is -2.32. The number of likely N-dealkylation sites (tertiary alicyclic amines) is 1. The number of carbonyl (C=O) groups is 1. The molecular formula is C17H21N3O2S. The van der Waals surface area contributed by atoms with Crippen LogP contribution in [0, 0.1) is 20.8 Å². The topological polar surface area (TPSA) is 55.3 Å². The summed E-state index contributed by atoms with van der Waals surface area (Å²) in [5, 5.41) is 2.01.